The van der Waals surface area contributed by atoms with Gasteiger partial charge in [0.2, 0.25) is 0 Å². The van der Waals surface area contributed by atoms with Crippen molar-refractivity contribution in [2.75, 3.05) is 18.5 Å². The number of nitrogens with zero attached hydrogens (tertiary/aromatic N) is 2. The van der Waals surface area contributed by atoms with Gasteiger partial charge in [-0.15, -0.1) is 0 Å². The molecule has 0 amide bonds. The molecule has 0 aliphatic carbocycles. The van der Waals surface area contributed by atoms with E-state index in [2.05, 4.69) is 22.1 Å². The number of hydrogen-bond donors (Lipinski definition) is 1. The number of halogens is 1. The molecule has 0 aliphatic heterocycles. The van der Waals surface area contributed by atoms with Crippen LogP contribution in [0, 0.1) is 5.82 Å². The molecule has 112 valence electrons. The molecule has 0 spiro atoms. The fourth-order valence-electron chi connectivity index (χ4n) is 2.32. The Labute approximate surface area is 125 Å². The Morgan fingerprint density at radius 1 is 1.19 bits per heavy atom. The summed E-state index contributed by atoms with van der Waals surface area (Å²) >= 11 is 0. The van der Waals surface area contributed by atoms with Crippen LogP contribution < -0.4 is 10.2 Å². The normalized spacial score (nSPS) is 10.6. The zero-order chi connectivity index (χ0) is 15.1. The summed E-state index contributed by atoms with van der Waals surface area (Å²) in [5.41, 5.74) is 3.22. The Kier molecular flexibility index (Phi) is 5.69. The summed E-state index contributed by atoms with van der Waals surface area (Å²) < 4.78 is 13.5. The van der Waals surface area contributed by atoms with Crippen LogP contribution in [0.4, 0.5) is 10.1 Å². The second kappa shape index (κ2) is 7.74. The summed E-state index contributed by atoms with van der Waals surface area (Å²) in [6.07, 6.45) is 4.65. The standard InChI is InChI=1S/C17H22FN3/c1-3-8-20-12-15-11-16(18)4-5-17(15)21(2)13-14-6-9-19-10-7-14/h4-7,9-11,20H,3,8,12-13H2,1-2H3. The van der Waals surface area contributed by atoms with Gasteiger partial charge >= 0.3 is 0 Å². The lowest BCUT2D eigenvalue weighted by atomic mass is 10.1. The zero-order valence-corrected chi connectivity index (χ0v) is 12.6. The van der Waals surface area contributed by atoms with Gasteiger partial charge in [-0.05, 0) is 54.4 Å². The second-order valence-electron chi connectivity index (χ2n) is 5.16. The van der Waals surface area contributed by atoms with Crippen LogP contribution in [-0.2, 0) is 13.1 Å². The molecule has 1 aromatic carbocycles. The number of aromatic nitrogens is 1. The molecule has 2 rings (SSSR count). The maximum atomic E-state index is 13.5. The molecule has 0 bridgehead atoms. The van der Waals surface area contributed by atoms with Crippen molar-refractivity contribution < 1.29 is 4.39 Å². The molecule has 1 aromatic heterocycles. The number of pyridine rings is 1. The van der Waals surface area contributed by atoms with E-state index in [1.54, 1.807) is 18.5 Å². The first-order valence-electron chi connectivity index (χ1n) is 7.30. The van der Waals surface area contributed by atoms with E-state index >= 15 is 0 Å². The van der Waals surface area contributed by atoms with Gasteiger partial charge in [0.05, 0.1) is 0 Å². The predicted octanol–water partition coefficient (Wildman–Crippen LogP) is 3.36. The largest absolute Gasteiger partial charge is 0.370 e. The highest BCUT2D eigenvalue weighted by Gasteiger charge is 2.09. The number of benzene rings is 1. The lowest BCUT2D eigenvalue weighted by molar-refractivity contribution is 0.618. The van der Waals surface area contributed by atoms with Gasteiger partial charge < -0.3 is 10.2 Å². The van der Waals surface area contributed by atoms with Crippen molar-refractivity contribution in [1.29, 1.82) is 0 Å². The molecule has 21 heavy (non-hydrogen) atoms. The molecule has 0 saturated carbocycles. The number of rotatable bonds is 7. The third-order valence-corrected chi connectivity index (χ3v) is 3.36. The van der Waals surface area contributed by atoms with Crippen LogP contribution in [-0.4, -0.2) is 18.6 Å². The molecule has 3 nitrogen and oxygen atoms in total. The van der Waals surface area contributed by atoms with E-state index in [-0.39, 0.29) is 5.82 Å². The van der Waals surface area contributed by atoms with Gasteiger partial charge in [-0.3, -0.25) is 4.98 Å². The molecule has 0 atom stereocenters. The third kappa shape index (κ3) is 4.53. The van der Waals surface area contributed by atoms with E-state index in [4.69, 9.17) is 0 Å². The average Bonchev–Trinajstić information content (AvgIpc) is 2.48. The highest BCUT2D eigenvalue weighted by atomic mass is 19.1. The highest BCUT2D eigenvalue weighted by Crippen LogP contribution is 2.22. The van der Waals surface area contributed by atoms with Crippen molar-refractivity contribution >= 4 is 5.69 Å². The molecule has 1 heterocycles. The minimum absolute atomic E-state index is 0.190. The molecule has 1 N–H and O–H groups in total. The maximum Gasteiger partial charge on any atom is 0.123 e. The summed E-state index contributed by atoms with van der Waals surface area (Å²) in [5.74, 6) is -0.190. The van der Waals surface area contributed by atoms with Gasteiger partial charge in [-0.1, -0.05) is 6.92 Å². The number of nitrogens with one attached hydrogen (secondary N) is 1. The minimum Gasteiger partial charge on any atom is -0.370 e. The van der Waals surface area contributed by atoms with Gasteiger partial charge in [0, 0.05) is 38.2 Å². The lowest BCUT2D eigenvalue weighted by Crippen LogP contribution is -2.21. The van der Waals surface area contributed by atoms with Crippen LogP contribution in [0.2, 0.25) is 0 Å². The SMILES string of the molecule is CCCNCc1cc(F)ccc1N(C)Cc1ccncc1. The van der Waals surface area contributed by atoms with E-state index in [9.17, 15) is 4.39 Å². The Hall–Kier alpha value is -1.94. The van der Waals surface area contributed by atoms with Crippen molar-refractivity contribution in [3.8, 4) is 0 Å². The smallest absolute Gasteiger partial charge is 0.123 e. The molecule has 0 unspecified atom stereocenters. The molecule has 0 aliphatic rings. The first-order valence-corrected chi connectivity index (χ1v) is 7.30. The van der Waals surface area contributed by atoms with Gasteiger partial charge in [0.1, 0.15) is 5.82 Å². The first kappa shape index (κ1) is 15.4. The van der Waals surface area contributed by atoms with Crippen molar-refractivity contribution in [3.05, 3.63) is 59.7 Å². The molecular formula is C17H22FN3. The maximum absolute atomic E-state index is 13.5. The van der Waals surface area contributed by atoms with Crippen LogP contribution in [0.15, 0.2) is 42.7 Å². The lowest BCUT2D eigenvalue weighted by Gasteiger charge is -2.23. The fourth-order valence-corrected chi connectivity index (χ4v) is 2.32. The summed E-state index contributed by atoms with van der Waals surface area (Å²) in [6.45, 7) is 4.51. The second-order valence-corrected chi connectivity index (χ2v) is 5.16. The zero-order valence-electron chi connectivity index (χ0n) is 12.6. The van der Waals surface area contributed by atoms with Gasteiger partial charge in [0.15, 0.2) is 0 Å². The Bertz CT molecular complexity index is 557. The molecule has 2 aromatic rings. The Morgan fingerprint density at radius 3 is 2.67 bits per heavy atom. The van der Waals surface area contributed by atoms with E-state index in [1.807, 2.05) is 25.2 Å². The van der Waals surface area contributed by atoms with Gasteiger partial charge in [-0.25, -0.2) is 4.39 Å². The Morgan fingerprint density at radius 2 is 1.95 bits per heavy atom. The van der Waals surface area contributed by atoms with Crippen LogP contribution in [0.3, 0.4) is 0 Å². The first-order chi connectivity index (χ1) is 10.2. The van der Waals surface area contributed by atoms with Crippen molar-refractivity contribution in [3.63, 3.8) is 0 Å². The summed E-state index contributed by atoms with van der Waals surface area (Å²) in [7, 11) is 2.02. The van der Waals surface area contributed by atoms with Gasteiger partial charge in [0.25, 0.3) is 0 Å². The van der Waals surface area contributed by atoms with Gasteiger partial charge in [-0.2, -0.15) is 0 Å². The predicted molar refractivity (Wildman–Crippen MR) is 84.7 cm³/mol. The highest BCUT2D eigenvalue weighted by molar-refractivity contribution is 5.53. The average molecular weight is 287 g/mol. The van der Waals surface area contributed by atoms with Crippen LogP contribution in [0.1, 0.15) is 24.5 Å². The van der Waals surface area contributed by atoms with Crippen LogP contribution in [0.5, 0.6) is 0 Å². The van der Waals surface area contributed by atoms with E-state index in [0.29, 0.717) is 6.54 Å². The summed E-state index contributed by atoms with van der Waals surface area (Å²) in [6, 6.07) is 8.96. The molecule has 4 heteroatoms. The van der Waals surface area contributed by atoms with Crippen molar-refractivity contribution in [2.24, 2.45) is 0 Å². The van der Waals surface area contributed by atoms with Crippen LogP contribution in [0.25, 0.3) is 0 Å². The molecular weight excluding hydrogens is 265 g/mol. The fraction of sp³-hybridized carbons (Fsp3) is 0.353. The summed E-state index contributed by atoms with van der Waals surface area (Å²) in [5, 5.41) is 3.33. The van der Waals surface area contributed by atoms with Crippen LogP contribution >= 0.6 is 0 Å². The topological polar surface area (TPSA) is 28.2 Å². The van der Waals surface area contributed by atoms with E-state index < -0.39 is 0 Å². The number of anilines is 1. The molecule has 0 saturated heterocycles. The van der Waals surface area contributed by atoms with E-state index in [0.717, 1.165) is 30.8 Å². The summed E-state index contributed by atoms with van der Waals surface area (Å²) in [4.78, 5) is 6.16. The Balaban J connectivity index is 2.13. The van der Waals surface area contributed by atoms with Crippen molar-refractivity contribution in [1.82, 2.24) is 10.3 Å². The molecule has 0 fully saturated rings. The monoisotopic (exact) mass is 287 g/mol. The van der Waals surface area contributed by atoms with E-state index in [1.165, 1.54) is 11.6 Å². The van der Waals surface area contributed by atoms with Crippen molar-refractivity contribution in [2.45, 2.75) is 26.4 Å². The quantitative estimate of drug-likeness (QED) is 0.792. The number of hydrogen-bond acceptors (Lipinski definition) is 3. The minimum atomic E-state index is -0.190. The third-order valence-electron chi connectivity index (χ3n) is 3.36. The molecule has 0 radical (unpaired) electrons.